The Labute approximate surface area is 202 Å². The number of rotatable bonds is 4. The zero-order chi connectivity index (χ0) is 24.1. The minimum absolute atomic E-state index is 0.0629. The third-order valence-corrected chi connectivity index (χ3v) is 7.29. The zero-order valence-corrected chi connectivity index (χ0v) is 21.0. The Morgan fingerprint density at radius 3 is 2.47 bits per heavy atom. The van der Waals surface area contributed by atoms with Crippen LogP contribution in [0.4, 0.5) is 5.82 Å². The molecule has 2 N–H and O–H groups in total. The van der Waals surface area contributed by atoms with Crippen molar-refractivity contribution in [2.45, 2.75) is 83.5 Å². The molecule has 0 aliphatic carbocycles. The van der Waals surface area contributed by atoms with Crippen LogP contribution in [0.2, 0.25) is 0 Å². The van der Waals surface area contributed by atoms with Gasteiger partial charge in [0.1, 0.15) is 5.75 Å². The molecule has 0 unspecified atom stereocenters. The fraction of sp³-hybridized carbons (Fsp3) is 0.519. The van der Waals surface area contributed by atoms with Crippen molar-refractivity contribution in [1.29, 1.82) is 0 Å². The number of nitrogens with one attached hydrogen (secondary N) is 1. The van der Waals surface area contributed by atoms with Gasteiger partial charge in [-0.3, -0.25) is 4.68 Å². The van der Waals surface area contributed by atoms with Gasteiger partial charge >= 0.3 is 0 Å². The molecule has 2 aromatic heterocycles. The predicted molar refractivity (Wildman–Crippen MR) is 136 cm³/mol. The SMILES string of the molecule is CN(c1ccc(-c2cc(-c3cnn4c3CCCC4)ccc2O)nn1)C1CC(C)(C)NC(C)(C)C1. The monoisotopic (exact) mass is 460 g/mol. The van der Waals surface area contributed by atoms with Crippen molar-refractivity contribution < 1.29 is 5.11 Å². The van der Waals surface area contributed by atoms with Crippen molar-refractivity contribution in [1.82, 2.24) is 25.3 Å². The molecule has 7 nitrogen and oxygen atoms in total. The van der Waals surface area contributed by atoms with Crippen LogP contribution in [0.3, 0.4) is 0 Å². The minimum Gasteiger partial charge on any atom is -0.507 e. The summed E-state index contributed by atoms with van der Waals surface area (Å²) >= 11 is 0. The highest BCUT2D eigenvalue weighted by Gasteiger charge is 2.39. The maximum atomic E-state index is 10.6. The van der Waals surface area contributed by atoms with Crippen molar-refractivity contribution in [3.8, 4) is 28.1 Å². The zero-order valence-electron chi connectivity index (χ0n) is 21.0. The van der Waals surface area contributed by atoms with Crippen LogP contribution in [0.15, 0.2) is 36.5 Å². The number of phenolic OH excluding ortho intramolecular Hbond substituents is 1. The topological polar surface area (TPSA) is 79.1 Å². The number of hydrogen-bond acceptors (Lipinski definition) is 6. The standard InChI is InChI=1S/C27H36N6O/c1-26(2)15-19(16-27(3,4)31-26)32(5)25-12-10-22(29-30-25)20-14-18(9-11-24(20)34)21-17-28-33-13-7-6-8-23(21)33/h9-12,14,17,19,31,34H,6-8,13,15-16H2,1-5H3. The first kappa shape index (κ1) is 22.8. The van der Waals surface area contributed by atoms with Crippen molar-refractivity contribution in [2.24, 2.45) is 0 Å². The Bertz CT molecular complexity index is 1160. The largest absolute Gasteiger partial charge is 0.507 e. The molecule has 2 aliphatic heterocycles. The Morgan fingerprint density at radius 1 is 1.00 bits per heavy atom. The van der Waals surface area contributed by atoms with Gasteiger partial charge in [0.2, 0.25) is 0 Å². The van der Waals surface area contributed by atoms with Gasteiger partial charge in [-0.05, 0) is 89.6 Å². The van der Waals surface area contributed by atoms with Crippen LogP contribution in [0.25, 0.3) is 22.4 Å². The highest BCUT2D eigenvalue weighted by molar-refractivity contribution is 5.76. The third-order valence-electron chi connectivity index (χ3n) is 7.29. The van der Waals surface area contributed by atoms with Gasteiger partial charge in [-0.25, -0.2) is 0 Å². The van der Waals surface area contributed by atoms with Crippen LogP contribution in [-0.4, -0.2) is 49.3 Å². The van der Waals surface area contributed by atoms with Crippen LogP contribution in [0.5, 0.6) is 5.75 Å². The summed E-state index contributed by atoms with van der Waals surface area (Å²) in [5.41, 5.74) is 4.96. The summed E-state index contributed by atoms with van der Waals surface area (Å²) in [6, 6.07) is 10.1. The Balaban J connectivity index is 1.41. The number of phenols is 1. The summed E-state index contributed by atoms with van der Waals surface area (Å²) in [6.45, 7) is 10.0. The third kappa shape index (κ3) is 4.41. The molecule has 0 spiro atoms. The number of anilines is 1. The fourth-order valence-corrected chi connectivity index (χ4v) is 5.96. The first-order chi connectivity index (χ1) is 16.1. The van der Waals surface area contributed by atoms with Gasteiger partial charge in [0, 0.05) is 47.5 Å². The van der Waals surface area contributed by atoms with E-state index in [0.717, 1.165) is 42.8 Å². The van der Waals surface area contributed by atoms with E-state index >= 15 is 0 Å². The molecule has 1 aromatic carbocycles. The molecular weight excluding hydrogens is 424 g/mol. The number of hydrogen-bond donors (Lipinski definition) is 2. The molecule has 34 heavy (non-hydrogen) atoms. The number of aromatic hydroxyl groups is 1. The second kappa shape index (κ2) is 8.38. The average Bonchev–Trinajstić information content (AvgIpc) is 3.21. The first-order valence-corrected chi connectivity index (χ1v) is 12.4. The van der Waals surface area contributed by atoms with E-state index in [2.05, 4.69) is 64.9 Å². The molecule has 4 heterocycles. The molecule has 3 aromatic rings. The lowest BCUT2D eigenvalue weighted by atomic mass is 9.79. The highest BCUT2D eigenvalue weighted by atomic mass is 16.3. The molecule has 7 heteroatoms. The van der Waals surface area contributed by atoms with Crippen LogP contribution < -0.4 is 10.2 Å². The first-order valence-electron chi connectivity index (χ1n) is 12.4. The second-order valence-corrected chi connectivity index (χ2v) is 11.3. The van der Waals surface area contributed by atoms with Crippen molar-refractivity contribution in [3.63, 3.8) is 0 Å². The molecule has 180 valence electrons. The average molecular weight is 461 g/mol. The second-order valence-electron chi connectivity index (χ2n) is 11.3. The van der Waals surface area contributed by atoms with Crippen LogP contribution >= 0.6 is 0 Å². The van der Waals surface area contributed by atoms with Crippen LogP contribution in [0.1, 0.15) is 59.1 Å². The van der Waals surface area contributed by atoms with Gasteiger partial charge < -0.3 is 15.3 Å². The number of aryl methyl sites for hydroxylation is 1. The number of nitrogens with zero attached hydrogens (tertiary/aromatic N) is 5. The number of fused-ring (bicyclic) bond motifs is 1. The van der Waals surface area contributed by atoms with E-state index < -0.39 is 0 Å². The molecule has 0 atom stereocenters. The lowest BCUT2D eigenvalue weighted by molar-refractivity contribution is 0.160. The summed E-state index contributed by atoms with van der Waals surface area (Å²) in [4.78, 5) is 2.25. The van der Waals surface area contributed by atoms with E-state index in [1.165, 1.54) is 18.5 Å². The maximum absolute atomic E-state index is 10.6. The van der Waals surface area contributed by atoms with Gasteiger partial charge in [0.05, 0.1) is 11.9 Å². The van der Waals surface area contributed by atoms with Crippen LogP contribution in [0, 0.1) is 0 Å². The number of benzene rings is 1. The van der Waals surface area contributed by atoms with E-state index in [4.69, 9.17) is 0 Å². The molecule has 0 radical (unpaired) electrons. The Kier molecular flexibility index (Phi) is 5.63. The molecule has 0 saturated carbocycles. The van der Waals surface area contributed by atoms with Crippen molar-refractivity contribution in [2.75, 3.05) is 11.9 Å². The smallest absolute Gasteiger partial charge is 0.151 e. The molecule has 0 amide bonds. The summed E-state index contributed by atoms with van der Waals surface area (Å²) in [5.74, 6) is 1.06. The Hall–Kier alpha value is -2.93. The summed E-state index contributed by atoms with van der Waals surface area (Å²) < 4.78 is 2.11. The maximum Gasteiger partial charge on any atom is 0.151 e. The van der Waals surface area contributed by atoms with Crippen molar-refractivity contribution in [3.05, 3.63) is 42.2 Å². The molecule has 1 fully saturated rings. The van der Waals surface area contributed by atoms with Gasteiger partial charge in [0.25, 0.3) is 0 Å². The van der Waals surface area contributed by atoms with E-state index in [1.807, 2.05) is 30.5 Å². The van der Waals surface area contributed by atoms with Crippen LogP contribution in [-0.2, 0) is 13.0 Å². The van der Waals surface area contributed by atoms with E-state index in [0.29, 0.717) is 17.3 Å². The lowest BCUT2D eigenvalue weighted by Gasteiger charge is -2.49. The fourth-order valence-electron chi connectivity index (χ4n) is 5.96. The molecule has 0 bridgehead atoms. The molecule has 5 rings (SSSR count). The van der Waals surface area contributed by atoms with E-state index in [-0.39, 0.29) is 16.8 Å². The van der Waals surface area contributed by atoms with E-state index in [1.54, 1.807) is 6.07 Å². The van der Waals surface area contributed by atoms with E-state index in [9.17, 15) is 5.11 Å². The predicted octanol–water partition coefficient (Wildman–Crippen LogP) is 4.79. The van der Waals surface area contributed by atoms with Crippen molar-refractivity contribution >= 4 is 5.82 Å². The lowest BCUT2D eigenvalue weighted by Crippen LogP contribution is -2.62. The summed E-state index contributed by atoms with van der Waals surface area (Å²) in [6.07, 6.45) is 7.43. The van der Waals surface area contributed by atoms with Gasteiger partial charge in [0.15, 0.2) is 5.82 Å². The quantitative estimate of drug-likeness (QED) is 0.583. The molecular formula is C27H36N6O. The van der Waals surface area contributed by atoms with Gasteiger partial charge in [-0.1, -0.05) is 6.07 Å². The summed E-state index contributed by atoms with van der Waals surface area (Å²) in [5, 5.41) is 28.0. The van der Waals surface area contributed by atoms with Gasteiger partial charge in [-0.2, -0.15) is 5.10 Å². The molecule has 2 aliphatic rings. The number of aromatic nitrogens is 4. The van der Waals surface area contributed by atoms with Gasteiger partial charge in [-0.15, -0.1) is 10.2 Å². The minimum atomic E-state index is 0.0629. The normalized spacial score (nSPS) is 19.6. The number of piperidine rings is 1. The Morgan fingerprint density at radius 2 is 1.76 bits per heavy atom. The molecule has 1 saturated heterocycles. The summed E-state index contributed by atoms with van der Waals surface area (Å²) in [7, 11) is 2.10. The highest BCUT2D eigenvalue weighted by Crippen LogP contribution is 2.36.